The van der Waals surface area contributed by atoms with Crippen LogP contribution < -0.4 is 0 Å². The van der Waals surface area contributed by atoms with Crippen molar-refractivity contribution in [2.24, 2.45) is 0 Å². The molecule has 1 N–H and O–H groups in total. The molecule has 150 valence electrons. The van der Waals surface area contributed by atoms with E-state index in [2.05, 4.69) is 41.3 Å². The fraction of sp³-hybridized carbons (Fsp3) is 0.269. The van der Waals surface area contributed by atoms with Gasteiger partial charge in [-0.25, -0.2) is 0 Å². The Morgan fingerprint density at radius 1 is 0.724 bits per heavy atom. The number of carbonyl (C=O) groups is 1. The van der Waals surface area contributed by atoms with Crippen molar-refractivity contribution in [1.82, 2.24) is 4.90 Å². The van der Waals surface area contributed by atoms with Gasteiger partial charge in [0.05, 0.1) is 6.10 Å². The highest BCUT2D eigenvalue weighted by atomic mass is 16.3. The number of aliphatic hydroxyl groups excluding tert-OH is 1. The Morgan fingerprint density at radius 2 is 1.17 bits per heavy atom. The molecule has 0 unspecified atom stereocenters. The van der Waals surface area contributed by atoms with Gasteiger partial charge in [-0.2, -0.15) is 0 Å². The van der Waals surface area contributed by atoms with E-state index in [1.165, 1.54) is 16.7 Å². The molecule has 0 aromatic heterocycles. The first-order valence-electron chi connectivity index (χ1n) is 10.2. The molecule has 0 spiro atoms. The lowest BCUT2D eigenvalue weighted by Gasteiger charge is -2.35. The highest BCUT2D eigenvalue weighted by Crippen LogP contribution is 2.21. The second kappa shape index (κ2) is 11.3. The predicted octanol–water partition coefficient (Wildman–Crippen LogP) is 4.64. The molecule has 3 aromatic carbocycles. The maximum absolute atomic E-state index is 11.0. The maximum atomic E-state index is 11.0. The third kappa shape index (κ3) is 6.67. The highest BCUT2D eigenvalue weighted by molar-refractivity contribution is 5.49. The molecular formula is C26H29NO2. The largest absolute Gasteiger partial charge is 0.391 e. The molecule has 3 aromatic rings. The Hall–Kier alpha value is -2.75. The van der Waals surface area contributed by atoms with Crippen LogP contribution in [0.25, 0.3) is 0 Å². The minimum absolute atomic E-state index is 0.0854. The van der Waals surface area contributed by atoms with Crippen molar-refractivity contribution < 1.29 is 9.90 Å². The number of hydrogen-bond acceptors (Lipinski definition) is 3. The summed E-state index contributed by atoms with van der Waals surface area (Å²) >= 11 is 0. The maximum Gasteiger partial charge on any atom is 0.120 e. The van der Waals surface area contributed by atoms with Crippen LogP contribution in [0.2, 0.25) is 0 Å². The summed E-state index contributed by atoms with van der Waals surface area (Å²) in [5, 5.41) is 11.0. The molecule has 0 bridgehead atoms. The number of hydrogen-bond donors (Lipinski definition) is 1. The Balaban J connectivity index is 1.89. The molecule has 0 fully saturated rings. The molecule has 0 radical (unpaired) electrons. The normalized spacial score (nSPS) is 13.2. The van der Waals surface area contributed by atoms with Crippen LogP contribution in [0.4, 0.5) is 0 Å². The molecule has 3 heteroatoms. The summed E-state index contributed by atoms with van der Waals surface area (Å²) in [4.78, 5) is 13.3. The van der Waals surface area contributed by atoms with Gasteiger partial charge in [0.25, 0.3) is 0 Å². The first-order valence-corrected chi connectivity index (χ1v) is 10.2. The fourth-order valence-corrected chi connectivity index (χ4v) is 3.72. The molecule has 3 rings (SSSR count). The van der Waals surface area contributed by atoms with E-state index in [0.717, 1.165) is 25.8 Å². The minimum atomic E-state index is -0.576. The van der Waals surface area contributed by atoms with Crippen LogP contribution in [0, 0.1) is 0 Å². The zero-order chi connectivity index (χ0) is 20.3. The summed E-state index contributed by atoms with van der Waals surface area (Å²) < 4.78 is 0. The molecule has 29 heavy (non-hydrogen) atoms. The second-order valence-corrected chi connectivity index (χ2v) is 7.44. The van der Waals surface area contributed by atoms with E-state index in [0.29, 0.717) is 12.8 Å². The minimum Gasteiger partial charge on any atom is -0.391 e. The van der Waals surface area contributed by atoms with Crippen LogP contribution in [0.1, 0.15) is 29.5 Å². The lowest BCUT2D eigenvalue weighted by molar-refractivity contribution is -0.108. The summed E-state index contributed by atoms with van der Waals surface area (Å²) in [6.45, 7) is 1.48. The molecule has 3 nitrogen and oxygen atoms in total. The van der Waals surface area contributed by atoms with Gasteiger partial charge < -0.3 is 9.90 Å². The van der Waals surface area contributed by atoms with Crippen LogP contribution in [0.5, 0.6) is 0 Å². The average molecular weight is 388 g/mol. The van der Waals surface area contributed by atoms with Gasteiger partial charge in [0.15, 0.2) is 0 Å². The van der Waals surface area contributed by atoms with Gasteiger partial charge >= 0.3 is 0 Å². The Morgan fingerprint density at radius 3 is 1.62 bits per heavy atom. The zero-order valence-electron chi connectivity index (χ0n) is 16.7. The van der Waals surface area contributed by atoms with E-state index in [1.807, 2.05) is 54.6 Å². The van der Waals surface area contributed by atoms with E-state index in [1.54, 1.807) is 0 Å². The molecule has 0 aliphatic carbocycles. The Bertz CT molecular complexity index is 795. The third-order valence-corrected chi connectivity index (χ3v) is 5.24. The predicted molar refractivity (Wildman–Crippen MR) is 117 cm³/mol. The zero-order valence-corrected chi connectivity index (χ0v) is 16.7. The molecule has 0 saturated heterocycles. The topological polar surface area (TPSA) is 40.5 Å². The van der Waals surface area contributed by atoms with Gasteiger partial charge in [-0.05, 0) is 29.5 Å². The van der Waals surface area contributed by atoms with E-state index in [9.17, 15) is 9.90 Å². The van der Waals surface area contributed by atoms with Crippen molar-refractivity contribution in [3.05, 3.63) is 108 Å². The lowest BCUT2D eigenvalue weighted by atomic mass is 9.95. The van der Waals surface area contributed by atoms with Crippen LogP contribution in [-0.2, 0) is 24.3 Å². The SMILES string of the molecule is O=CCC[C@@H](O)[C@H](Cc1ccccc1)N(Cc1ccccc1)Cc1ccccc1. The average Bonchev–Trinajstić information content (AvgIpc) is 2.77. The van der Waals surface area contributed by atoms with Crippen LogP contribution in [0.3, 0.4) is 0 Å². The van der Waals surface area contributed by atoms with Crippen molar-refractivity contribution in [1.29, 1.82) is 0 Å². The lowest BCUT2D eigenvalue weighted by Crippen LogP contribution is -2.44. The van der Waals surface area contributed by atoms with Gasteiger partial charge in [0, 0.05) is 25.6 Å². The first-order chi connectivity index (χ1) is 14.3. The number of rotatable bonds is 11. The Kier molecular flexibility index (Phi) is 8.17. The standard InChI is InChI=1S/C26H29NO2/c28-18-10-17-26(29)25(19-22-11-4-1-5-12-22)27(20-23-13-6-2-7-14-23)21-24-15-8-3-9-16-24/h1-9,11-16,18,25-26,29H,10,17,19-21H2/t25-,26+/m0/s1. The van der Waals surface area contributed by atoms with E-state index < -0.39 is 6.10 Å². The first kappa shape index (κ1) is 21.0. The van der Waals surface area contributed by atoms with E-state index in [4.69, 9.17) is 0 Å². The molecule has 0 aliphatic rings. The van der Waals surface area contributed by atoms with Crippen LogP contribution in [-0.4, -0.2) is 28.4 Å². The molecule has 0 aliphatic heterocycles. The molecule has 0 saturated carbocycles. The number of benzene rings is 3. The number of aldehydes is 1. The van der Waals surface area contributed by atoms with Crippen molar-refractivity contribution in [2.75, 3.05) is 0 Å². The van der Waals surface area contributed by atoms with Gasteiger partial charge in [-0.1, -0.05) is 91.0 Å². The number of aliphatic hydroxyl groups is 1. The highest BCUT2D eigenvalue weighted by Gasteiger charge is 2.26. The Labute approximate surface area is 173 Å². The van der Waals surface area contributed by atoms with Gasteiger partial charge in [-0.3, -0.25) is 4.90 Å². The second-order valence-electron chi connectivity index (χ2n) is 7.44. The molecular weight excluding hydrogens is 358 g/mol. The van der Waals surface area contributed by atoms with Crippen molar-refractivity contribution in [3.63, 3.8) is 0 Å². The van der Waals surface area contributed by atoms with Gasteiger partial charge in [0.1, 0.15) is 6.29 Å². The summed E-state index contributed by atoms with van der Waals surface area (Å²) in [7, 11) is 0. The van der Waals surface area contributed by atoms with Gasteiger partial charge in [-0.15, -0.1) is 0 Å². The summed E-state index contributed by atoms with van der Waals surface area (Å²) in [5.41, 5.74) is 3.61. The van der Waals surface area contributed by atoms with Gasteiger partial charge in [0.2, 0.25) is 0 Å². The van der Waals surface area contributed by atoms with Crippen molar-refractivity contribution in [3.8, 4) is 0 Å². The summed E-state index contributed by atoms with van der Waals surface area (Å²) in [5.74, 6) is 0. The van der Waals surface area contributed by atoms with E-state index >= 15 is 0 Å². The summed E-state index contributed by atoms with van der Waals surface area (Å²) in [6, 6.07) is 30.9. The number of nitrogens with zero attached hydrogens (tertiary/aromatic N) is 1. The third-order valence-electron chi connectivity index (χ3n) is 5.24. The van der Waals surface area contributed by atoms with E-state index in [-0.39, 0.29) is 6.04 Å². The smallest absolute Gasteiger partial charge is 0.120 e. The van der Waals surface area contributed by atoms with Crippen LogP contribution >= 0.6 is 0 Å². The summed E-state index contributed by atoms with van der Waals surface area (Å²) in [6.07, 6.45) is 1.90. The monoisotopic (exact) mass is 387 g/mol. The van der Waals surface area contributed by atoms with Crippen molar-refractivity contribution >= 4 is 6.29 Å². The fourth-order valence-electron chi connectivity index (χ4n) is 3.72. The molecule has 0 amide bonds. The molecule has 0 heterocycles. The number of carbonyl (C=O) groups excluding carboxylic acids is 1. The van der Waals surface area contributed by atoms with Crippen LogP contribution in [0.15, 0.2) is 91.0 Å². The quantitative estimate of drug-likeness (QED) is 0.487. The molecule has 2 atom stereocenters. The van der Waals surface area contributed by atoms with Crippen molar-refractivity contribution in [2.45, 2.75) is 44.5 Å².